The van der Waals surface area contributed by atoms with Crippen molar-refractivity contribution >= 4 is 16.1 Å². The summed E-state index contributed by atoms with van der Waals surface area (Å²) in [4.78, 5) is 12.5. The molecule has 2 rings (SSSR count). The van der Waals surface area contributed by atoms with Gasteiger partial charge in [0.2, 0.25) is 5.91 Å². The molecular formula is C23H39N3O3S. The summed E-state index contributed by atoms with van der Waals surface area (Å²) in [6.07, 6.45) is 1.96. The Kier molecular flexibility index (Phi) is 9.31. The summed E-state index contributed by atoms with van der Waals surface area (Å²) in [7, 11) is -3.48. The quantitative estimate of drug-likeness (QED) is 0.611. The Balaban J connectivity index is 1.84. The third kappa shape index (κ3) is 7.36. The van der Waals surface area contributed by atoms with E-state index in [2.05, 4.69) is 36.5 Å². The van der Waals surface area contributed by atoms with Crippen molar-refractivity contribution in [3.63, 3.8) is 0 Å². The number of nitrogens with one attached hydrogen (secondary N) is 1. The van der Waals surface area contributed by atoms with Crippen LogP contribution in [-0.2, 0) is 21.4 Å². The van der Waals surface area contributed by atoms with E-state index in [0.717, 1.165) is 6.42 Å². The smallest absolute Gasteiger partial charge is 0.281 e. The van der Waals surface area contributed by atoms with Gasteiger partial charge in [0, 0.05) is 38.6 Å². The van der Waals surface area contributed by atoms with E-state index in [1.807, 2.05) is 27.7 Å². The van der Waals surface area contributed by atoms with Gasteiger partial charge in [-0.2, -0.15) is 17.0 Å². The molecule has 0 aromatic heterocycles. The van der Waals surface area contributed by atoms with Crippen LogP contribution in [0.2, 0.25) is 0 Å². The molecule has 1 fully saturated rings. The lowest BCUT2D eigenvalue weighted by Crippen LogP contribution is -2.50. The van der Waals surface area contributed by atoms with E-state index in [9.17, 15) is 13.2 Å². The molecule has 0 aliphatic carbocycles. The van der Waals surface area contributed by atoms with Crippen LogP contribution in [0.5, 0.6) is 0 Å². The first kappa shape index (κ1) is 24.8. The minimum Gasteiger partial charge on any atom is -0.356 e. The number of piperidine rings is 1. The molecule has 0 radical (unpaired) electrons. The van der Waals surface area contributed by atoms with E-state index in [4.69, 9.17) is 0 Å². The lowest BCUT2D eigenvalue weighted by atomic mass is 9.97. The SMILES string of the molecule is Cc1ccc(CCNC(=O)C2CCN(S(=O)(=O)N(CC(C)C)CC(C)C)CC2)cc1. The van der Waals surface area contributed by atoms with E-state index in [1.165, 1.54) is 11.1 Å². The van der Waals surface area contributed by atoms with Gasteiger partial charge in [-0.25, -0.2) is 0 Å². The van der Waals surface area contributed by atoms with Crippen LogP contribution in [-0.4, -0.2) is 55.7 Å². The van der Waals surface area contributed by atoms with Crippen molar-refractivity contribution in [1.29, 1.82) is 0 Å². The summed E-state index contributed by atoms with van der Waals surface area (Å²) in [5, 5.41) is 3.03. The fourth-order valence-corrected chi connectivity index (χ4v) is 5.79. The Morgan fingerprint density at radius 2 is 1.60 bits per heavy atom. The van der Waals surface area contributed by atoms with Gasteiger partial charge in [0.15, 0.2) is 0 Å². The second-order valence-corrected chi connectivity index (χ2v) is 11.2. The molecule has 1 aliphatic rings. The number of nitrogens with zero attached hydrogens (tertiary/aromatic N) is 2. The van der Waals surface area contributed by atoms with Gasteiger partial charge in [0.05, 0.1) is 0 Å². The second kappa shape index (κ2) is 11.3. The van der Waals surface area contributed by atoms with Gasteiger partial charge >= 0.3 is 0 Å². The van der Waals surface area contributed by atoms with E-state index < -0.39 is 10.2 Å². The molecule has 1 N–H and O–H groups in total. The molecule has 1 heterocycles. The third-order valence-corrected chi connectivity index (χ3v) is 7.42. The number of aryl methyl sites for hydroxylation is 1. The number of hydrogen-bond donors (Lipinski definition) is 1. The molecule has 1 aliphatic heterocycles. The molecule has 7 heteroatoms. The van der Waals surface area contributed by atoms with Crippen molar-refractivity contribution in [2.75, 3.05) is 32.7 Å². The lowest BCUT2D eigenvalue weighted by molar-refractivity contribution is -0.126. The largest absolute Gasteiger partial charge is 0.356 e. The fraction of sp³-hybridized carbons (Fsp3) is 0.696. The molecule has 30 heavy (non-hydrogen) atoms. The number of carbonyl (C=O) groups is 1. The van der Waals surface area contributed by atoms with Gasteiger partial charge in [0.25, 0.3) is 10.2 Å². The first-order valence-electron chi connectivity index (χ1n) is 11.2. The number of carbonyl (C=O) groups excluding carboxylic acids is 1. The molecule has 0 atom stereocenters. The molecule has 1 saturated heterocycles. The van der Waals surface area contributed by atoms with Gasteiger partial charge < -0.3 is 5.32 Å². The van der Waals surface area contributed by atoms with Crippen LogP contribution in [0.3, 0.4) is 0 Å². The van der Waals surface area contributed by atoms with Crippen LogP contribution in [0.15, 0.2) is 24.3 Å². The predicted molar refractivity (Wildman–Crippen MR) is 122 cm³/mol. The zero-order valence-electron chi connectivity index (χ0n) is 19.2. The molecule has 0 bridgehead atoms. The van der Waals surface area contributed by atoms with Crippen LogP contribution in [0.25, 0.3) is 0 Å². The standard InChI is InChI=1S/C23H39N3O3S/c1-18(2)16-26(17-19(3)4)30(28,29)25-14-11-22(12-15-25)23(27)24-13-10-21-8-6-20(5)7-9-21/h6-9,18-19,22H,10-17H2,1-5H3,(H,24,27). The zero-order valence-corrected chi connectivity index (χ0v) is 20.0. The Morgan fingerprint density at radius 1 is 1.07 bits per heavy atom. The second-order valence-electron chi connectivity index (χ2n) is 9.31. The fourth-order valence-electron chi connectivity index (χ4n) is 3.82. The molecule has 0 unspecified atom stereocenters. The Bertz CT molecular complexity index is 757. The van der Waals surface area contributed by atoms with Crippen LogP contribution in [0.1, 0.15) is 51.7 Å². The molecular weight excluding hydrogens is 398 g/mol. The van der Waals surface area contributed by atoms with Gasteiger partial charge in [-0.05, 0) is 43.6 Å². The van der Waals surface area contributed by atoms with Crippen molar-refractivity contribution in [1.82, 2.24) is 13.9 Å². The van der Waals surface area contributed by atoms with Gasteiger partial charge in [0.1, 0.15) is 0 Å². The maximum atomic E-state index is 13.1. The topological polar surface area (TPSA) is 69.7 Å². The number of benzene rings is 1. The van der Waals surface area contributed by atoms with Crippen LogP contribution < -0.4 is 5.32 Å². The Morgan fingerprint density at radius 3 is 2.10 bits per heavy atom. The molecule has 6 nitrogen and oxygen atoms in total. The van der Waals surface area contributed by atoms with E-state index >= 15 is 0 Å². The van der Waals surface area contributed by atoms with Crippen LogP contribution in [0.4, 0.5) is 0 Å². The highest BCUT2D eigenvalue weighted by molar-refractivity contribution is 7.86. The first-order valence-corrected chi connectivity index (χ1v) is 12.6. The van der Waals surface area contributed by atoms with Crippen LogP contribution >= 0.6 is 0 Å². The van der Waals surface area contributed by atoms with Gasteiger partial charge in [-0.3, -0.25) is 4.79 Å². The molecule has 170 valence electrons. The highest BCUT2D eigenvalue weighted by atomic mass is 32.2. The van der Waals surface area contributed by atoms with Crippen molar-refractivity contribution < 1.29 is 13.2 Å². The Hall–Kier alpha value is -1.44. The number of amides is 1. The molecule has 0 saturated carbocycles. The summed E-state index contributed by atoms with van der Waals surface area (Å²) in [6.45, 7) is 12.7. The van der Waals surface area contributed by atoms with E-state index in [0.29, 0.717) is 45.6 Å². The summed E-state index contributed by atoms with van der Waals surface area (Å²) >= 11 is 0. The minimum atomic E-state index is -3.48. The molecule has 1 aromatic rings. The van der Waals surface area contributed by atoms with Gasteiger partial charge in [-0.15, -0.1) is 0 Å². The number of hydrogen-bond acceptors (Lipinski definition) is 3. The van der Waals surface area contributed by atoms with Crippen molar-refractivity contribution in [3.05, 3.63) is 35.4 Å². The maximum absolute atomic E-state index is 13.1. The van der Waals surface area contributed by atoms with Crippen molar-refractivity contribution in [2.24, 2.45) is 17.8 Å². The minimum absolute atomic E-state index is 0.0420. The van der Waals surface area contributed by atoms with E-state index in [-0.39, 0.29) is 23.7 Å². The Labute approximate surface area is 183 Å². The van der Waals surface area contributed by atoms with Crippen molar-refractivity contribution in [2.45, 2.75) is 53.9 Å². The molecule has 0 spiro atoms. The normalized spacial score (nSPS) is 16.5. The zero-order chi connectivity index (χ0) is 22.3. The highest BCUT2D eigenvalue weighted by Gasteiger charge is 2.35. The summed E-state index contributed by atoms with van der Waals surface area (Å²) in [6, 6.07) is 8.33. The third-order valence-electron chi connectivity index (χ3n) is 5.45. The number of rotatable bonds is 10. The maximum Gasteiger partial charge on any atom is 0.281 e. The average molecular weight is 438 g/mol. The van der Waals surface area contributed by atoms with Gasteiger partial charge in [-0.1, -0.05) is 57.5 Å². The lowest BCUT2D eigenvalue weighted by Gasteiger charge is -2.35. The van der Waals surface area contributed by atoms with Crippen LogP contribution in [0, 0.1) is 24.7 Å². The predicted octanol–water partition coefficient (Wildman–Crippen LogP) is 3.22. The molecule has 1 aromatic carbocycles. The monoisotopic (exact) mass is 437 g/mol. The first-order chi connectivity index (χ1) is 14.1. The van der Waals surface area contributed by atoms with E-state index in [1.54, 1.807) is 8.61 Å². The van der Waals surface area contributed by atoms with Crippen molar-refractivity contribution in [3.8, 4) is 0 Å². The summed E-state index contributed by atoms with van der Waals surface area (Å²) in [5.74, 6) is 0.476. The summed E-state index contributed by atoms with van der Waals surface area (Å²) in [5.41, 5.74) is 2.43. The summed E-state index contributed by atoms with van der Waals surface area (Å²) < 4.78 is 29.5. The highest BCUT2D eigenvalue weighted by Crippen LogP contribution is 2.23. The average Bonchev–Trinajstić information content (AvgIpc) is 2.68. The molecule has 1 amide bonds.